The van der Waals surface area contributed by atoms with E-state index in [9.17, 15) is 4.79 Å². The molecule has 0 saturated heterocycles. The van der Waals surface area contributed by atoms with Crippen molar-refractivity contribution in [2.75, 3.05) is 27.2 Å². The van der Waals surface area contributed by atoms with Crippen LogP contribution in [0.5, 0.6) is 0 Å². The van der Waals surface area contributed by atoms with Gasteiger partial charge in [0.05, 0.1) is 0 Å². The average molecular weight is 367 g/mol. The molecule has 0 fully saturated rings. The van der Waals surface area contributed by atoms with Crippen LogP contribution < -0.4 is 16.0 Å². The maximum atomic E-state index is 11.7. The van der Waals surface area contributed by atoms with Crippen molar-refractivity contribution in [3.05, 3.63) is 71.3 Å². The minimum atomic E-state index is -0.0613. The van der Waals surface area contributed by atoms with Gasteiger partial charge in [0.1, 0.15) is 0 Å². The molecule has 0 spiro atoms. The molecule has 0 aromatic heterocycles. The van der Waals surface area contributed by atoms with Crippen LogP contribution in [0.25, 0.3) is 0 Å². The predicted octanol–water partition coefficient (Wildman–Crippen LogP) is 2.95. The van der Waals surface area contributed by atoms with Crippen LogP contribution in [0.15, 0.2) is 59.6 Å². The molecule has 2 aromatic carbocycles. The van der Waals surface area contributed by atoms with Gasteiger partial charge in [-0.1, -0.05) is 49.4 Å². The largest absolute Gasteiger partial charge is 0.356 e. The average Bonchev–Trinajstić information content (AvgIpc) is 2.73. The van der Waals surface area contributed by atoms with Gasteiger partial charge in [0.25, 0.3) is 5.91 Å². The summed E-state index contributed by atoms with van der Waals surface area (Å²) in [6.45, 7) is 3.79. The normalized spacial score (nSPS) is 12.3. The van der Waals surface area contributed by atoms with Gasteiger partial charge in [0.15, 0.2) is 5.96 Å². The van der Waals surface area contributed by atoms with Gasteiger partial charge >= 0.3 is 0 Å². The van der Waals surface area contributed by atoms with Crippen molar-refractivity contribution in [1.82, 2.24) is 16.0 Å². The van der Waals surface area contributed by atoms with Crippen LogP contribution in [0, 0.1) is 0 Å². The van der Waals surface area contributed by atoms with Crippen LogP contribution in [0.2, 0.25) is 0 Å². The molecule has 0 bridgehead atoms. The van der Waals surface area contributed by atoms with E-state index in [1.54, 1.807) is 14.1 Å². The number of hydrogen-bond acceptors (Lipinski definition) is 2. The van der Waals surface area contributed by atoms with Gasteiger partial charge in [-0.05, 0) is 36.1 Å². The fourth-order valence-corrected chi connectivity index (χ4v) is 3.00. The summed E-state index contributed by atoms with van der Waals surface area (Å²) in [7, 11) is 3.43. The molecule has 5 heteroatoms. The van der Waals surface area contributed by atoms with Crippen LogP contribution >= 0.6 is 0 Å². The smallest absolute Gasteiger partial charge is 0.251 e. The molecule has 5 nitrogen and oxygen atoms in total. The fourth-order valence-electron chi connectivity index (χ4n) is 3.00. The van der Waals surface area contributed by atoms with Crippen molar-refractivity contribution in [2.45, 2.75) is 25.7 Å². The van der Waals surface area contributed by atoms with Gasteiger partial charge in [0, 0.05) is 38.7 Å². The second-order valence-electron chi connectivity index (χ2n) is 6.43. The lowest BCUT2D eigenvalue weighted by Gasteiger charge is -2.18. The first-order valence-electron chi connectivity index (χ1n) is 9.48. The van der Waals surface area contributed by atoms with Gasteiger partial charge in [-0.15, -0.1) is 0 Å². The SMILES string of the molecule is CCC(CNC(=NC)NCCc1cccc(C(=O)NC)c1)c1ccccc1. The topological polar surface area (TPSA) is 65.5 Å². The Morgan fingerprint density at radius 3 is 2.52 bits per heavy atom. The van der Waals surface area contributed by atoms with E-state index in [1.807, 2.05) is 30.3 Å². The van der Waals surface area contributed by atoms with Crippen molar-refractivity contribution in [1.29, 1.82) is 0 Å². The molecule has 2 aromatic rings. The number of carbonyl (C=O) groups is 1. The monoisotopic (exact) mass is 366 g/mol. The molecule has 1 amide bonds. The highest BCUT2D eigenvalue weighted by Gasteiger charge is 2.10. The zero-order valence-corrected chi connectivity index (χ0v) is 16.5. The Kier molecular flexibility index (Phi) is 8.36. The molecule has 1 atom stereocenters. The molecule has 0 radical (unpaired) electrons. The highest BCUT2D eigenvalue weighted by Crippen LogP contribution is 2.17. The molecule has 0 saturated carbocycles. The molecular weight excluding hydrogens is 336 g/mol. The van der Waals surface area contributed by atoms with Crippen LogP contribution in [-0.4, -0.2) is 39.1 Å². The van der Waals surface area contributed by atoms with Crippen LogP contribution in [0.4, 0.5) is 0 Å². The summed E-state index contributed by atoms with van der Waals surface area (Å²) in [6.07, 6.45) is 1.89. The summed E-state index contributed by atoms with van der Waals surface area (Å²) < 4.78 is 0. The van der Waals surface area contributed by atoms with E-state index in [-0.39, 0.29) is 5.91 Å². The third kappa shape index (κ3) is 6.44. The zero-order chi connectivity index (χ0) is 19.5. The van der Waals surface area contributed by atoms with Crippen molar-refractivity contribution in [2.24, 2.45) is 4.99 Å². The van der Waals surface area contributed by atoms with Gasteiger partial charge < -0.3 is 16.0 Å². The van der Waals surface area contributed by atoms with E-state index in [1.165, 1.54) is 5.56 Å². The summed E-state index contributed by atoms with van der Waals surface area (Å²) in [5.41, 5.74) is 3.15. The van der Waals surface area contributed by atoms with Gasteiger partial charge in [-0.25, -0.2) is 0 Å². The summed E-state index contributed by atoms with van der Waals surface area (Å²) >= 11 is 0. The predicted molar refractivity (Wildman–Crippen MR) is 112 cm³/mol. The molecule has 0 aliphatic heterocycles. The van der Waals surface area contributed by atoms with Crippen molar-refractivity contribution < 1.29 is 4.79 Å². The number of hydrogen-bond donors (Lipinski definition) is 3. The van der Waals surface area contributed by atoms with Crippen molar-refractivity contribution >= 4 is 11.9 Å². The second-order valence-corrected chi connectivity index (χ2v) is 6.43. The van der Waals surface area contributed by atoms with Crippen LogP contribution in [-0.2, 0) is 6.42 Å². The molecule has 0 aliphatic rings. The maximum Gasteiger partial charge on any atom is 0.251 e. The number of aliphatic imine (C=N–C) groups is 1. The Balaban J connectivity index is 1.83. The van der Waals surface area contributed by atoms with E-state index in [0.29, 0.717) is 11.5 Å². The Morgan fingerprint density at radius 2 is 1.85 bits per heavy atom. The first-order valence-corrected chi connectivity index (χ1v) is 9.48. The highest BCUT2D eigenvalue weighted by molar-refractivity contribution is 5.94. The summed E-state index contributed by atoms with van der Waals surface area (Å²) in [5.74, 6) is 1.19. The number of carbonyl (C=O) groups excluding carboxylic acids is 1. The third-order valence-electron chi connectivity index (χ3n) is 4.63. The van der Waals surface area contributed by atoms with Crippen LogP contribution in [0.1, 0.15) is 40.7 Å². The molecule has 0 heterocycles. The van der Waals surface area contributed by atoms with Gasteiger partial charge in [-0.3, -0.25) is 9.79 Å². The van der Waals surface area contributed by atoms with Crippen LogP contribution in [0.3, 0.4) is 0 Å². The maximum absolute atomic E-state index is 11.7. The molecule has 1 unspecified atom stereocenters. The summed E-state index contributed by atoms with van der Waals surface area (Å²) in [5, 5.41) is 9.42. The van der Waals surface area contributed by atoms with E-state index < -0.39 is 0 Å². The Hall–Kier alpha value is -2.82. The molecule has 0 aliphatic carbocycles. The lowest BCUT2D eigenvalue weighted by Crippen LogP contribution is -2.40. The molecular formula is C22H30N4O. The number of amides is 1. The lowest BCUT2D eigenvalue weighted by molar-refractivity contribution is 0.0963. The fraction of sp³-hybridized carbons (Fsp3) is 0.364. The van der Waals surface area contributed by atoms with E-state index in [0.717, 1.165) is 37.5 Å². The number of benzene rings is 2. The summed E-state index contributed by atoms with van der Waals surface area (Å²) in [4.78, 5) is 16.0. The minimum absolute atomic E-state index is 0.0613. The number of rotatable bonds is 8. The van der Waals surface area contributed by atoms with Crippen molar-refractivity contribution in [3.63, 3.8) is 0 Å². The number of nitrogens with zero attached hydrogens (tertiary/aromatic N) is 1. The first kappa shape index (κ1) is 20.5. The molecule has 27 heavy (non-hydrogen) atoms. The Labute approximate surface area is 162 Å². The quantitative estimate of drug-likeness (QED) is 0.497. The zero-order valence-electron chi connectivity index (χ0n) is 16.5. The lowest BCUT2D eigenvalue weighted by atomic mass is 9.97. The van der Waals surface area contributed by atoms with Crippen molar-refractivity contribution in [3.8, 4) is 0 Å². The van der Waals surface area contributed by atoms with Gasteiger partial charge in [-0.2, -0.15) is 0 Å². The molecule has 144 valence electrons. The first-order chi connectivity index (χ1) is 13.2. The van der Waals surface area contributed by atoms with E-state index in [2.05, 4.69) is 52.1 Å². The van der Waals surface area contributed by atoms with E-state index in [4.69, 9.17) is 0 Å². The third-order valence-corrected chi connectivity index (χ3v) is 4.63. The van der Waals surface area contributed by atoms with Gasteiger partial charge in [0.2, 0.25) is 0 Å². The molecule has 2 rings (SSSR count). The summed E-state index contributed by atoms with van der Waals surface area (Å²) in [6, 6.07) is 18.3. The molecule has 3 N–H and O–H groups in total. The standard InChI is InChI=1S/C22H30N4O/c1-4-18(19-10-6-5-7-11-19)16-26-22(24-3)25-14-13-17-9-8-12-20(15-17)21(27)23-2/h5-12,15,18H,4,13-14,16H2,1-3H3,(H,23,27)(H2,24,25,26). The van der Waals surface area contributed by atoms with E-state index >= 15 is 0 Å². The minimum Gasteiger partial charge on any atom is -0.356 e. The Morgan fingerprint density at radius 1 is 1.07 bits per heavy atom. The second kappa shape index (κ2) is 11.0. The Bertz CT molecular complexity index is 743. The number of nitrogens with one attached hydrogen (secondary N) is 3. The highest BCUT2D eigenvalue weighted by atomic mass is 16.1. The number of guanidine groups is 1.